The van der Waals surface area contributed by atoms with E-state index in [-0.39, 0.29) is 72.9 Å². The van der Waals surface area contributed by atoms with E-state index in [1.165, 1.54) is 12.2 Å². The molecule has 2 rings (SSSR count). The smallest absolute Gasteiger partial charge is 0.333 e. The van der Waals surface area contributed by atoms with E-state index in [1.54, 1.807) is 39.9 Å². The van der Waals surface area contributed by atoms with Crippen LogP contribution in [0.25, 0.3) is 0 Å². The van der Waals surface area contributed by atoms with E-state index in [9.17, 15) is 28.8 Å². The van der Waals surface area contributed by atoms with Crippen molar-refractivity contribution in [2.45, 2.75) is 59.8 Å². The summed E-state index contributed by atoms with van der Waals surface area (Å²) in [5, 5.41) is 5.79. The number of methoxy groups -OCH3 is 2. The van der Waals surface area contributed by atoms with Crippen molar-refractivity contribution in [3.05, 3.63) is 37.5 Å². The number of ether oxygens (including phenoxy) is 6. The van der Waals surface area contributed by atoms with Gasteiger partial charge in [0.05, 0.1) is 100 Å². The van der Waals surface area contributed by atoms with Crippen LogP contribution in [0.4, 0.5) is 0 Å². The van der Waals surface area contributed by atoms with Gasteiger partial charge in [-0.15, -0.1) is 0 Å². The first-order valence-corrected chi connectivity index (χ1v) is 23.0. The maximum absolute atomic E-state index is 13.2. The normalized spacial score (nSPS) is 14.3. The van der Waals surface area contributed by atoms with Crippen molar-refractivity contribution in [2.24, 2.45) is 17.3 Å². The molecule has 0 spiro atoms. The Hall–Kier alpha value is -3.62. The van der Waals surface area contributed by atoms with E-state index in [1.807, 2.05) is 11.8 Å². The largest absolute Gasteiger partial charge is 1.00 e. The molecule has 2 unspecified atom stereocenters. The Kier molecular flexibility index (Phi) is 41.9. The molecule has 0 saturated carbocycles. The number of nitrogens with one attached hydrogen (secondary N) is 2. The van der Waals surface area contributed by atoms with Crippen molar-refractivity contribution in [1.29, 1.82) is 0 Å². The van der Waals surface area contributed by atoms with Crippen molar-refractivity contribution >= 4 is 35.6 Å². The fourth-order valence-electron chi connectivity index (χ4n) is 6.22. The van der Waals surface area contributed by atoms with Crippen LogP contribution in [0.1, 0.15) is 59.8 Å². The Labute approximate surface area is 421 Å². The lowest BCUT2D eigenvalue weighted by molar-refractivity contribution is -0.870. The summed E-state index contributed by atoms with van der Waals surface area (Å²) in [5.41, 5.74) is -0.450. The summed E-state index contributed by atoms with van der Waals surface area (Å²) in [7, 11) is 15.9. The third kappa shape index (κ3) is 37.3. The van der Waals surface area contributed by atoms with E-state index in [0.29, 0.717) is 104 Å². The van der Waals surface area contributed by atoms with Gasteiger partial charge in [-0.05, 0) is 52.2 Å². The second-order valence-electron chi connectivity index (χ2n) is 18.8. The van der Waals surface area contributed by atoms with Crippen LogP contribution in [0.5, 0.6) is 0 Å². The number of hydrogen-bond acceptors (Lipinski definition) is 12. The number of carbonyl (C=O) groups excluding carboxylic acids is 6. The first-order valence-electron chi connectivity index (χ1n) is 23.0. The highest BCUT2D eigenvalue weighted by Crippen LogP contribution is 2.32. The van der Waals surface area contributed by atoms with Crippen LogP contribution in [-0.2, 0) is 57.2 Å². The zero-order valence-corrected chi connectivity index (χ0v) is 45.2. The number of morpholine rings is 2. The molecule has 0 aromatic rings. The molecule has 0 aromatic heterocycles. The maximum Gasteiger partial charge on any atom is 0.333 e. The van der Waals surface area contributed by atoms with E-state index in [2.05, 4.69) is 82.1 Å². The SMILES string of the molecule is C=C(C)C(=O)OCCOC.C=CC(=O)N1CCOCC1.C=CC(=O)NCCC[N+](C)(C)C.CCC(CC(CC(C)(C)C(=O)OCCOC)C(=O)NCCC[N+](C)(C)C)C(=O)N1CCOCC1.[Cl-].[Cl-]. The zero-order chi connectivity index (χ0) is 50.8. The van der Waals surface area contributed by atoms with Crippen LogP contribution in [0.3, 0.4) is 0 Å². The van der Waals surface area contributed by atoms with Gasteiger partial charge < -0.3 is 82.6 Å². The van der Waals surface area contributed by atoms with Gasteiger partial charge in [0, 0.05) is 83.7 Å². The molecule has 2 aliphatic rings. The Bertz CT molecular complexity index is 1460. The minimum absolute atomic E-state index is 0. The number of amides is 4. The lowest BCUT2D eigenvalue weighted by atomic mass is 9.78. The highest BCUT2D eigenvalue weighted by molar-refractivity contribution is 5.87. The summed E-state index contributed by atoms with van der Waals surface area (Å²) in [4.78, 5) is 74.9. The molecule has 2 saturated heterocycles. The molecular formula is C48H90Cl2N6O12. The number of esters is 2. The summed E-state index contributed by atoms with van der Waals surface area (Å²) >= 11 is 0. The van der Waals surface area contributed by atoms with E-state index >= 15 is 0 Å². The van der Waals surface area contributed by atoms with Crippen LogP contribution in [-0.4, -0.2) is 216 Å². The Morgan fingerprint density at radius 1 is 0.706 bits per heavy atom. The van der Waals surface area contributed by atoms with E-state index in [0.717, 1.165) is 41.4 Å². The molecule has 2 fully saturated rings. The van der Waals surface area contributed by atoms with Gasteiger partial charge in [-0.1, -0.05) is 26.7 Å². The van der Waals surface area contributed by atoms with E-state index in [4.69, 9.17) is 18.9 Å². The molecule has 0 radical (unpaired) electrons. The van der Waals surface area contributed by atoms with Gasteiger partial charge in [-0.3, -0.25) is 24.0 Å². The van der Waals surface area contributed by atoms with Gasteiger partial charge in [-0.2, -0.15) is 0 Å². The topological polar surface area (TPSA) is 188 Å². The average Bonchev–Trinajstić information content (AvgIpc) is 3.27. The third-order valence-corrected chi connectivity index (χ3v) is 10.1. The van der Waals surface area contributed by atoms with Crippen molar-refractivity contribution < 1.29 is 91.0 Å². The van der Waals surface area contributed by atoms with Gasteiger partial charge in [0.2, 0.25) is 23.6 Å². The van der Waals surface area contributed by atoms with Gasteiger partial charge in [0.15, 0.2) is 0 Å². The minimum atomic E-state index is -0.863. The fourth-order valence-corrected chi connectivity index (χ4v) is 6.22. The highest BCUT2D eigenvalue weighted by Gasteiger charge is 2.38. The van der Waals surface area contributed by atoms with Crippen molar-refractivity contribution in [3.8, 4) is 0 Å². The molecule has 20 heteroatoms. The van der Waals surface area contributed by atoms with E-state index < -0.39 is 11.3 Å². The fraction of sp³-hybridized carbons (Fsp3) is 0.750. The Morgan fingerprint density at radius 2 is 1.16 bits per heavy atom. The van der Waals surface area contributed by atoms with Gasteiger partial charge in [-0.25, -0.2) is 4.79 Å². The molecule has 68 heavy (non-hydrogen) atoms. The predicted octanol–water partition coefficient (Wildman–Crippen LogP) is -3.13. The van der Waals surface area contributed by atoms with Gasteiger partial charge >= 0.3 is 11.9 Å². The number of nitrogens with zero attached hydrogens (tertiary/aromatic N) is 4. The molecule has 2 N–H and O–H groups in total. The zero-order valence-electron chi connectivity index (χ0n) is 43.7. The standard InChI is InChI=1S/C25H47N3O6.C9H18N2O.C7H11NO2.C7H12O3.2ClH/c1-8-20(23(30)27-11-14-33-15-12-27)18-21(22(29)26-10-9-13-28(4,5)6)19-25(2,3)24(31)34-17-16-32-7;1-5-9(12)10-7-6-8-11(2,3)4;1-2-7(9)8-3-5-10-6-4-8;1-6(2)7(8)10-5-4-9-3;;/h20-21H,8-19H2,1-7H3;5H,1,6-8H2,2-4H3;2H,1,3-6H2;1,4-5H2,2-3H3;2*1H. The monoisotopic (exact) mass is 1010 g/mol. The van der Waals surface area contributed by atoms with Crippen LogP contribution in [0.2, 0.25) is 0 Å². The summed E-state index contributed by atoms with van der Waals surface area (Å²) in [5.74, 6) is -1.59. The number of hydrogen-bond donors (Lipinski definition) is 2. The van der Waals surface area contributed by atoms with Crippen LogP contribution < -0.4 is 35.4 Å². The molecular weight excluding hydrogens is 923 g/mol. The first-order chi connectivity index (χ1) is 30.9. The second kappa shape index (κ2) is 40.1. The molecule has 0 aliphatic carbocycles. The highest BCUT2D eigenvalue weighted by atomic mass is 35.5. The molecule has 0 aromatic carbocycles. The molecule has 2 heterocycles. The maximum atomic E-state index is 13.2. The summed E-state index contributed by atoms with van der Waals surface area (Å²) in [6, 6.07) is 0. The molecule has 398 valence electrons. The number of carbonyl (C=O) groups is 6. The second-order valence-corrected chi connectivity index (χ2v) is 18.8. The molecule has 0 bridgehead atoms. The van der Waals surface area contributed by atoms with Crippen LogP contribution in [0, 0.1) is 17.3 Å². The predicted molar refractivity (Wildman–Crippen MR) is 257 cm³/mol. The summed E-state index contributed by atoms with van der Waals surface area (Å²) in [6.07, 6.45) is 5.85. The average molecular weight is 1010 g/mol. The van der Waals surface area contributed by atoms with Gasteiger partial charge in [0.25, 0.3) is 0 Å². The van der Waals surface area contributed by atoms with Crippen molar-refractivity contribution in [3.63, 3.8) is 0 Å². The van der Waals surface area contributed by atoms with Gasteiger partial charge in [0.1, 0.15) is 13.2 Å². The Morgan fingerprint density at radius 3 is 1.57 bits per heavy atom. The quantitative estimate of drug-likeness (QED) is 0.0406. The molecule has 2 aliphatic heterocycles. The van der Waals surface area contributed by atoms with Crippen LogP contribution in [0.15, 0.2) is 37.5 Å². The lowest BCUT2D eigenvalue weighted by Crippen LogP contribution is -3.00. The molecule has 18 nitrogen and oxygen atoms in total. The van der Waals surface area contributed by atoms with Crippen molar-refractivity contribution in [2.75, 3.05) is 162 Å². The van der Waals surface area contributed by atoms with Crippen molar-refractivity contribution in [1.82, 2.24) is 20.4 Å². The first kappa shape index (κ1) is 70.9. The van der Waals surface area contributed by atoms with Crippen LogP contribution >= 0.6 is 0 Å². The number of rotatable bonds is 25. The Balaban J connectivity index is -0.000000488. The minimum Gasteiger partial charge on any atom is -1.00 e. The number of quaternary nitrogens is 2. The molecule has 4 amide bonds. The lowest BCUT2D eigenvalue weighted by Gasteiger charge is -2.33. The number of halogens is 2. The molecule has 2 atom stereocenters. The summed E-state index contributed by atoms with van der Waals surface area (Å²) < 4.78 is 31.9. The third-order valence-electron chi connectivity index (χ3n) is 10.1. The summed E-state index contributed by atoms with van der Waals surface area (Å²) in [6.45, 7) is 26.8.